The summed E-state index contributed by atoms with van der Waals surface area (Å²) in [7, 11) is 0. The van der Waals surface area contributed by atoms with Gasteiger partial charge in [-0.2, -0.15) is 0 Å². The van der Waals surface area contributed by atoms with Crippen molar-refractivity contribution in [1.29, 1.82) is 0 Å². The molecule has 1 N–H and O–H groups in total. The van der Waals surface area contributed by atoms with E-state index in [4.69, 9.17) is 16.6 Å². The third-order valence-corrected chi connectivity index (χ3v) is 5.74. The zero-order valence-corrected chi connectivity index (χ0v) is 17.9. The second kappa shape index (κ2) is 7.77. The zero-order valence-electron chi connectivity index (χ0n) is 17.1. The largest absolute Gasteiger partial charge is 0.306 e. The van der Waals surface area contributed by atoms with Crippen LogP contribution in [0.1, 0.15) is 43.2 Å². The van der Waals surface area contributed by atoms with Crippen LogP contribution in [0.2, 0.25) is 5.02 Å². The van der Waals surface area contributed by atoms with Gasteiger partial charge in [-0.3, -0.25) is 9.69 Å². The smallest absolute Gasteiger partial charge is 0.255 e. The Morgan fingerprint density at radius 1 is 1.07 bits per heavy atom. The molecule has 0 fully saturated rings. The first-order chi connectivity index (χ1) is 13.8. The lowest BCUT2D eigenvalue weighted by Crippen LogP contribution is -2.35. The van der Waals surface area contributed by atoms with E-state index in [0.717, 1.165) is 36.3 Å². The molecular weight excluding hydrogens is 382 g/mol. The Morgan fingerprint density at radius 2 is 1.76 bits per heavy atom. The van der Waals surface area contributed by atoms with Crippen LogP contribution in [0.15, 0.2) is 53.3 Å². The van der Waals surface area contributed by atoms with Crippen molar-refractivity contribution in [3.05, 3.63) is 86.3 Å². The van der Waals surface area contributed by atoms with Gasteiger partial charge in [0, 0.05) is 36.6 Å². The number of hydrogen-bond donors (Lipinski definition) is 1. The quantitative estimate of drug-likeness (QED) is 0.668. The van der Waals surface area contributed by atoms with Gasteiger partial charge in [-0.15, -0.1) is 0 Å². The molecule has 150 valence electrons. The molecule has 0 amide bonds. The molecule has 0 bridgehead atoms. The lowest BCUT2D eigenvalue weighted by molar-refractivity contribution is 0.242. The number of fused-ring (bicyclic) bond motifs is 1. The Kier molecular flexibility index (Phi) is 5.32. The van der Waals surface area contributed by atoms with Gasteiger partial charge in [0.2, 0.25) is 0 Å². The zero-order chi connectivity index (χ0) is 20.6. The molecule has 2 heterocycles. The molecule has 1 aromatic heterocycles. The molecule has 4 rings (SSSR count). The van der Waals surface area contributed by atoms with Gasteiger partial charge in [0.25, 0.3) is 5.56 Å². The Bertz CT molecular complexity index is 1060. The van der Waals surface area contributed by atoms with Crippen molar-refractivity contribution in [3.8, 4) is 11.4 Å². The first kappa shape index (κ1) is 19.9. The fourth-order valence-electron chi connectivity index (χ4n) is 3.73. The maximum absolute atomic E-state index is 12.7. The number of aromatic amines is 1. The van der Waals surface area contributed by atoms with E-state index in [1.54, 1.807) is 0 Å². The summed E-state index contributed by atoms with van der Waals surface area (Å²) in [4.78, 5) is 22.7. The highest BCUT2D eigenvalue weighted by Gasteiger charge is 2.22. The Labute approximate surface area is 176 Å². The van der Waals surface area contributed by atoms with E-state index in [1.807, 2.05) is 24.3 Å². The standard InChI is InChI=1S/C24H26ClN3O/c1-24(2,3)18-8-4-16(5-9-18)14-28-13-12-21-20(15-28)23(29)27-22(26-21)17-6-10-19(25)11-7-17/h4-11H,12-15H2,1-3H3,(H,26,27,29). The first-order valence-electron chi connectivity index (χ1n) is 9.99. The van der Waals surface area contributed by atoms with Gasteiger partial charge in [0.05, 0.1) is 11.3 Å². The summed E-state index contributed by atoms with van der Waals surface area (Å²) in [6.07, 6.45) is 0.778. The fraction of sp³-hybridized carbons (Fsp3) is 0.333. The van der Waals surface area contributed by atoms with Crippen LogP contribution in [0, 0.1) is 0 Å². The average molecular weight is 408 g/mol. The van der Waals surface area contributed by atoms with Gasteiger partial charge in [0.15, 0.2) is 0 Å². The lowest BCUT2D eigenvalue weighted by Gasteiger charge is -2.28. The molecule has 0 aliphatic carbocycles. The van der Waals surface area contributed by atoms with Gasteiger partial charge in [0.1, 0.15) is 5.82 Å². The van der Waals surface area contributed by atoms with Crippen molar-refractivity contribution >= 4 is 11.6 Å². The highest BCUT2D eigenvalue weighted by molar-refractivity contribution is 6.30. The van der Waals surface area contributed by atoms with Crippen LogP contribution in [-0.4, -0.2) is 21.4 Å². The summed E-state index contributed by atoms with van der Waals surface area (Å²) in [5.74, 6) is 0.608. The summed E-state index contributed by atoms with van der Waals surface area (Å²) in [5.41, 5.74) is 5.26. The molecule has 5 heteroatoms. The predicted octanol–water partition coefficient (Wildman–Crippen LogP) is 4.95. The van der Waals surface area contributed by atoms with Gasteiger partial charge >= 0.3 is 0 Å². The van der Waals surface area contributed by atoms with Crippen molar-refractivity contribution in [1.82, 2.24) is 14.9 Å². The van der Waals surface area contributed by atoms with Crippen molar-refractivity contribution in [2.45, 2.75) is 45.7 Å². The number of nitrogens with zero attached hydrogens (tertiary/aromatic N) is 2. The number of nitrogens with one attached hydrogen (secondary N) is 1. The van der Waals surface area contributed by atoms with Crippen LogP contribution in [0.5, 0.6) is 0 Å². The minimum absolute atomic E-state index is 0.0484. The Morgan fingerprint density at radius 3 is 2.41 bits per heavy atom. The molecule has 1 aliphatic rings. The van der Waals surface area contributed by atoms with E-state index in [1.165, 1.54) is 11.1 Å². The highest BCUT2D eigenvalue weighted by atomic mass is 35.5. The number of aromatic nitrogens is 2. The topological polar surface area (TPSA) is 49.0 Å². The molecule has 0 saturated carbocycles. The van der Waals surface area contributed by atoms with E-state index in [9.17, 15) is 4.79 Å². The molecule has 0 atom stereocenters. The molecule has 0 radical (unpaired) electrons. The Balaban J connectivity index is 1.51. The van der Waals surface area contributed by atoms with Gasteiger partial charge < -0.3 is 4.98 Å². The summed E-state index contributed by atoms with van der Waals surface area (Å²) in [5, 5.41) is 0.667. The predicted molar refractivity (Wildman–Crippen MR) is 118 cm³/mol. The molecule has 1 aliphatic heterocycles. The normalized spacial score (nSPS) is 14.6. The first-order valence-corrected chi connectivity index (χ1v) is 10.4. The van der Waals surface area contributed by atoms with Crippen LogP contribution in [0.3, 0.4) is 0 Å². The minimum atomic E-state index is -0.0484. The van der Waals surface area contributed by atoms with E-state index in [0.29, 0.717) is 17.4 Å². The molecule has 0 saturated heterocycles. The number of hydrogen-bond acceptors (Lipinski definition) is 3. The molecule has 29 heavy (non-hydrogen) atoms. The number of halogens is 1. The number of benzene rings is 2. The van der Waals surface area contributed by atoms with Gasteiger partial charge in [-0.1, -0.05) is 56.6 Å². The van der Waals surface area contributed by atoms with Gasteiger partial charge in [-0.25, -0.2) is 4.98 Å². The van der Waals surface area contributed by atoms with Crippen LogP contribution in [0.4, 0.5) is 0 Å². The second-order valence-corrected chi connectivity index (χ2v) is 9.19. The summed E-state index contributed by atoms with van der Waals surface area (Å²) >= 11 is 5.96. The van der Waals surface area contributed by atoms with Crippen LogP contribution in [-0.2, 0) is 24.9 Å². The van der Waals surface area contributed by atoms with E-state index in [-0.39, 0.29) is 11.0 Å². The fourth-order valence-corrected chi connectivity index (χ4v) is 3.85. The molecule has 3 aromatic rings. The monoisotopic (exact) mass is 407 g/mol. The van der Waals surface area contributed by atoms with Crippen molar-refractivity contribution in [2.75, 3.05) is 6.54 Å². The van der Waals surface area contributed by atoms with Gasteiger partial charge in [-0.05, 0) is 40.8 Å². The summed E-state index contributed by atoms with van der Waals surface area (Å²) < 4.78 is 0. The average Bonchev–Trinajstić information content (AvgIpc) is 2.68. The lowest BCUT2D eigenvalue weighted by atomic mass is 9.86. The maximum atomic E-state index is 12.7. The van der Waals surface area contributed by atoms with Crippen LogP contribution in [0.25, 0.3) is 11.4 Å². The number of rotatable bonds is 3. The molecule has 0 spiro atoms. The van der Waals surface area contributed by atoms with Crippen molar-refractivity contribution < 1.29 is 0 Å². The Hall–Kier alpha value is -2.43. The molecule has 0 unspecified atom stereocenters. The summed E-state index contributed by atoms with van der Waals surface area (Å²) in [6, 6.07) is 16.2. The highest BCUT2D eigenvalue weighted by Crippen LogP contribution is 2.24. The van der Waals surface area contributed by atoms with E-state index < -0.39 is 0 Å². The molecular formula is C24H26ClN3O. The molecule has 2 aromatic carbocycles. The number of H-pyrrole nitrogens is 1. The van der Waals surface area contributed by atoms with Crippen molar-refractivity contribution in [2.24, 2.45) is 0 Å². The van der Waals surface area contributed by atoms with E-state index in [2.05, 4.69) is 54.9 Å². The third-order valence-electron chi connectivity index (χ3n) is 5.49. The minimum Gasteiger partial charge on any atom is -0.306 e. The second-order valence-electron chi connectivity index (χ2n) is 8.75. The molecule has 4 nitrogen and oxygen atoms in total. The van der Waals surface area contributed by atoms with Crippen LogP contribution >= 0.6 is 11.6 Å². The SMILES string of the molecule is CC(C)(C)c1ccc(CN2CCc3nc(-c4ccc(Cl)cc4)[nH]c(=O)c3C2)cc1. The summed E-state index contributed by atoms with van der Waals surface area (Å²) in [6.45, 7) is 9.02. The van der Waals surface area contributed by atoms with E-state index >= 15 is 0 Å². The van der Waals surface area contributed by atoms with Crippen molar-refractivity contribution in [3.63, 3.8) is 0 Å². The maximum Gasteiger partial charge on any atom is 0.255 e. The third kappa shape index (κ3) is 4.44. The van der Waals surface area contributed by atoms with Crippen LogP contribution < -0.4 is 5.56 Å².